The third-order valence-corrected chi connectivity index (χ3v) is 7.02. The molecule has 0 saturated carbocycles. The Bertz CT molecular complexity index is 1280. The summed E-state index contributed by atoms with van der Waals surface area (Å²) >= 11 is 0. The minimum atomic E-state index is -0.628. The van der Waals surface area contributed by atoms with E-state index in [9.17, 15) is 9.90 Å². The van der Waals surface area contributed by atoms with Gasteiger partial charge in [0.25, 0.3) is 5.91 Å². The SMILES string of the molecule is CCCCNC(=O)c1cccc(COCCOc2ccc(CCNC[C@@H](O)c3ccc4c(c3)COC(C)(C)O4)cc2)c1. The van der Waals surface area contributed by atoms with Gasteiger partial charge in [0, 0.05) is 38.1 Å². The van der Waals surface area contributed by atoms with Crippen LogP contribution in [-0.2, 0) is 29.1 Å². The third-order valence-electron chi connectivity index (χ3n) is 7.02. The first-order chi connectivity index (χ1) is 20.3. The molecule has 0 spiro atoms. The van der Waals surface area contributed by atoms with Crippen molar-refractivity contribution in [3.8, 4) is 11.5 Å². The highest BCUT2D eigenvalue weighted by Gasteiger charge is 2.27. The second-order valence-corrected chi connectivity index (χ2v) is 11.0. The van der Waals surface area contributed by atoms with Crippen LogP contribution in [0, 0.1) is 0 Å². The summed E-state index contributed by atoms with van der Waals surface area (Å²) < 4.78 is 23.1. The molecule has 1 heterocycles. The maximum Gasteiger partial charge on any atom is 0.251 e. The van der Waals surface area contributed by atoms with Crippen LogP contribution < -0.4 is 20.1 Å². The lowest BCUT2D eigenvalue weighted by atomic mass is 10.0. The molecule has 0 aliphatic carbocycles. The standard InChI is InChI=1S/C34H44N2O6/c1-4-5-16-36-33(38)28-8-6-7-26(20-28)23-39-18-19-40-30-12-9-25(10-13-30)15-17-35-22-31(37)27-11-14-32-29(21-27)24-41-34(2,3)42-32/h6-14,20-21,31,35,37H,4-5,15-19,22-24H2,1-3H3,(H,36,38)/t31-/m1/s1. The van der Waals surface area contributed by atoms with Crippen molar-refractivity contribution in [1.82, 2.24) is 10.6 Å². The van der Waals surface area contributed by atoms with E-state index in [1.54, 1.807) is 0 Å². The number of rotatable bonds is 16. The molecule has 8 nitrogen and oxygen atoms in total. The molecule has 4 rings (SSSR count). The third kappa shape index (κ3) is 9.84. The van der Waals surface area contributed by atoms with E-state index in [0.29, 0.717) is 45.1 Å². The lowest BCUT2D eigenvalue weighted by Crippen LogP contribution is -2.35. The van der Waals surface area contributed by atoms with Crippen molar-refractivity contribution in [2.75, 3.05) is 32.8 Å². The molecule has 1 amide bonds. The number of carbonyl (C=O) groups excluding carboxylic acids is 1. The first-order valence-corrected chi connectivity index (χ1v) is 14.8. The average Bonchev–Trinajstić information content (AvgIpc) is 2.99. The Labute approximate surface area is 249 Å². The van der Waals surface area contributed by atoms with Crippen molar-refractivity contribution in [2.45, 2.75) is 65.1 Å². The number of nitrogens with one attached hydrogen (secondary N) is 2. The molecule has 3 aromatic rings. The molecule has 0 saturated heterocycles. The molecular weight excluding hydrogens is 532 g/mol. The van der Waals surface area contributed by atoms with Crippen LogP contribution in [0.2, 0.25) is 0 Å². The molecule has 0 bridgehead atoms. The first kappa shape index (κ1) is 31.5. The number of fused-ring (bicyclic) bond motifs is 1. The fourth-order valence-corrected chi connectivity index (χ4v) is 4.60. The average molecular weight is 577 g/mol. The molecular formula is C34H44N2O6. The van der Waals surface area contributed by atoms with Crippen LogP contribution in [0.5, 0.6) is 11.5 Å². The summed E-state index contributed by atoms with van der Waals surface area (Å²) in [5, 5.41) is 16.9. The molecule has 0 unspecified atom stereocenters. The lowest BCUT2D eigenvalue weighted by Gasteiger charge is -2.33. The fourth-order valence-electron chi connectivity index (χ4n) is 4.60. The number of hydrogen-bond acceptors (Lipinski definition) is 7. The Morgan fingerprint density at radius 2 is 1.86 bits per heavy atom. The molecule has 1 aliphatic heterocycles. The summed E-state index contributed by atoms with van der Waals surface area (Å²) in [5.74, 6) is 0.921. The summed E-state index contributed by atoms with van der Waals surface area (Å²) in [5.41, 5.74) is 4.59. The predicted molar refractivity (Wildman–Crippen MR) is 163 cm³/mol. The largest absolute Gasteiger partial charge is 0.491 e. The van der Waals surface area contributed by atoms with Crippen LogP contribution in [0.4, 0.5) is 0 Å². The minimum Gasteiger partial charge on any atom is -0.491 e. The normalized spacial score (nSPS) is 14.5. The van der Waals surface area contributed by atoms with Gasteiger partial charge in [0.05, 0.1) is 25.9 Å². The molecule has 3 N–H and O–H groups in total. The second-order valence-electron chi connectivity index (χ2n) is 11.0. The van der Waals surface area contributed by atoms with Crippen molar-refractivity contribution < 1.29 is 28.8 Å². The van der Waals surface area contributed by atoms with Crippen molar-refractivity contribution >= 4 is 5.91 Å². The number of unbranched alkanes of at least 4 members (excludes halogenated alkanes) is 1. The Balaban J connectivity index is 1.10. The van der Waals surface area contributed by atoms with Crippen LogP contribution in [-0.4, -0.2) is 49.6 Å². The Hall–Kier alpha value is -3.43. The number of aliphatic hydroxyl groups excluding tert-OH is 1. The van der Waals surface area contributed by atoms with E-state index in [2.05, 4.69) is 29.7 Å². The number of amides is 1. The molecule has 42 heavy (non-hydrogen) atoms. The number of carbonyl (C=O) groups is 1. The number of aliphatic hydroxyl groups is 1. The maximum absolute atomic E-state index is 12.2. The zero-order valence-electron chi connectivity index (χ0n) is 25.0. The number of benzene rings is 3. The Kier molecular flexibility index (Phi) is 11.8. The van der Waals surface area contributed by atoms with Crippen LogP contribution >= 0.6 is 0 Å². The maximum atomic E-state index is 12.2. The van der Waals surface area contributed by atoms with Gasteiger partial charge in [-0.15, -0.1) is 0 Å². The second kappa shape index (κ2) is 15.7. The highest BCUT2D eigenvalue weighted by Crippen LogP contribution is 2.32. The van der Waals surface area contributed by atoms with Crippen molar-refractivity contribution in [2.24, 2.45) is 0 Å². The summed E-state index contributed by atoms with van der Waals surface area (Å²) in [6, 6.07) is 21.3. The van der Waals surface area contributed by atoms with Crippen molar-refractivity contribution in [3.63, 3.8) is 0 Å². The summed E-state index contributed by atoms with van der Waals surface area (Å²) in [6.45, 7) is 9.56. The smallest absolute Gasteiger partial charge is 0.251 e. The molecule has 3 aromatic carbocycles. The van der Waals surface area contributed by atoms with Gasteiger partial charge in [-0.2, -0.15) is 0 Å². The van der Waals surface area contributed by atoms with E-state index in [4.69, 9.17) is 18.9 Å². The van der Waals surface area contributed by atoms with Crippen LogP contribution in [0.3, 0.4) is 0 Å². The van der Waals surface area contributed by atoms with E-state index in [-0.39, 0.29) is 5.91 Å². The summed E-state index contributed by atoms with van der Waals surface area (Å²) in [4.78, 5) is 12.2. The molecule has 0 fully saturated rings. The molecule has 1 aliphatic rings. The van der Waals surface area contributed by atoms with Gasteiger partial charge in [-0.3, -0.25) is 4.79 Å². The van der Waals surface area contributed by atoms with Crippen molar-refractivity contribution in [1.29, 1.82) is 0 Å². The van der Waals surface area contributed by atoms with Gasteiger partial charge in [-0.25, -0.2) is 0 Å². The van der Waals surface area contributed by atoms with E-state index in [1.807, 2.05) is 68.4 Å². The Morgan fingerprint density at radius 3 is 2.67 bits per heavy atom. The number of hydrogen-bond donors (Lipinski definition) is 3. The molecule has 226 valence electrons. The van der Waals surface area contributed by atoms with E-state index < -0.39 is 11.9 Å². The summed E-state index contributed by atoms with van der Waals surface area (Å²) in [6.07, 6.45) is 2.26. The van der Waals surface area contributed by atoms with Gasteiger partial charge in [-0.1, -0.05) is 43.7 Å². The molecule has 0 aromatic heterocycles. The Morgan fingerprint density at radius 1 is 1.02 bits per heavy atom. The lowest BCUT2D eigenvalue weighted by molar-refractivity contribution is -0.180. The minimum absolute atomic E-state index is 0.0493. The zero-order chi connectivity index (χ0) is 29.8. The number of ether oxygens (including phenoxy) is 4. The van der Waals surface area contributed by atoms with Gasteiger partial charge in [0.1, 0.15) is 18.1 Å². The summed E-state index contributed by atoms with van der Waals surface area (Å²) in [7, 11) is 0. The molecule has 0 radical (unpaired) electrons. The highest BCUT2D eigenvalue weighted by molar-refractivity contribution is 5.94. The van der Waals surface area contributed by atoms with Gasteiger partial charge >= 0.3 is 0 Å². The quantitative estimate of drug-likeness (QED) is 0.199. The van der Waals surface area contributed by atoms with Gasteiger partial charge in [0.2, 0.25) is 5.79 Å². The first-order valence-electron chi connectivity index (χ1n) is 14.8. The van der Waals surface area contributed by atoms with Crippen LogP contribution in [0.1, 0.15) is 72.3 Å². The monoisotopic (exact) mass is 576 g/mol. The van der Waals surface area contributed by atoms with Gasteiger partial charge < -0.3 is 34.7 Å². The fraction of sp³-hybridized carbons (Fsp3) is 0.441. The topological polar surface area (TPSA) is 98.3 Å². The van der Waals surface area contributed by atoms with Gasteiger partial charge in [0.15, 0.2) is 0 Å². The van der Waals surface area contributed by atoms with Crippen LogP contribution in [0.25, 0.3) is 0 Å². The van der Waals surface area contributed by atoms with Crippen molar-refractivity contribution in [3.05, 3.63) is 94.5 Å². The van der Waals surface area contributed by atoms with E-state index in [1.165, 1.54) is 5.56 Å². The molecule has 8 heteroatoms. The molecule has 1 atom stereocenters. The zero-order valence-corrected chi connectivity index (χ0v) is 25.0. The van der Waals surface area contributed by atoms with Gasteiger partial charge in [-0.05, 0) is 72.5 Å². The highest BCUT2D eigenvalue weighted by atomic mass is 16.7. The predicted octanol–water partition coefficient (Wildman–Crippen LogP) is 5.32. The van der Waals surface area contributed by atoms with Crippen LogP contribution in [0.15, 0.2) is 66.7 Å². The van der Waals surface area contributed by atoms with E-state index >= 15 is 0 Å². The van der Waals surface area contributed by atoms with E-state index in [0.717, 1.165) is 54.0 Å².